The molecule has 0 amide bonds. The summed E-state index contributed by atoms with van der Waals surface area (Å²) in [5.74, 6) is 0.0869. The molecule has 9 nitrogen and oxygen atoms in total. The summed E-state index contributed by atoms with van der Waals surface area (Å²) in [5.41, 5.74) is -0.0811. The molecule has 0 radical (unpaired) electrons. The highest BCUT2D eigenvalue weighted by molar-refractivity contribution is 7.89. The number of hydrogen-bond donors (Lipinski definition) is 0. The van der Waals surface area contributed by atoms with Gasteiger partial charge in [0.1, 0.15) is 0 Å². The van der Waals surface area contributed by atoms with E-state index in [1.54, 1.807) is 0 Å². The molecule has 2 aromatic rings. The average molecular weight is 434 g/mol. The van der Waals surface area contributed by atoms with Crippen molar-refractivity contribution in [3.05, 3.63) is 52.1 Å². The van der Waals surface area contributed by atoms with Crippen molar-refractivity contribution in [1.82, 2.24) is 4.31 Å². The van der Waals surface area contributed by atoms with Gasteiger partial charge in [-0.3, -0.25) is 14.9 Å². The Morgan fingerprint density at radius 2 is 1.70 bits per heavy atom. The largest absolute Gasteiger partial charge is 0.493 e. The van der Waals surface area contributed by atoms with Crippen LogP contribution in [-0.2, 0) is 10.0 Å². The number of piperidine rings is 1. The molecule has 1 saturated heterocycles. The van der Waals surface area contributed by atoms with E-state index in [-0.39, 0.29) is 27.9 Å². The van der Waals surface area contributed by atoms with Gasteiger partial charge in [-0.05, 0) is 50.1 Å². The summed E-state index contributed by atoms with van der Waals surface area (Å²) in [6, 6.07) is 8.02. The molecule has 1 heterocycles. The lowest BCUT2D eigenvalue weighted by Crippen LogP contribution is -2.35. The predicted molar refractivity (Wildman–Crippen MR) is 109 cm³/mol. The maximum absolute atomic E-state index is 12.8. The molecule has 0 atom stereocenters. The minimum Gasteiger partial charge on any atom is -0.493 e. The summed E-state index contributed by atoms with van der Waals surface area (Å²) in [4.78, 5) is 22.3. The Labute approximate surface area is 174 Å². The molecule has 0 spiro atoms. The molecule has 3 rings (SSSR count). The van der Waals surface area contributed by atoms with Gasteiger partial charge in [-0.25, -0.2) is 8.42 Å². The van der Waals surface area contributed by atoms with E-state index in [4.69, 9.17) is 9.47 Å². The van der Waals surface area contributed by atoms with Crippen molar-refractivity contribution in [2.75, 3.05) is 20.2 Å². The van der Waals surface area contributed by atoms with Crippen molar-refractivity contribution in [3.8, 4) is 17.2 Å². The van der Waals surface area contributed by atoms with Gasteiger partial charge in [-0.1, -0.05) is 6.42 Å². The first-order chi connectivity index (χ1) is 14.2. The van der Waals surface area contributed by atoms with E-state index in [1.165, 1.54) is 48.7 Å². The lowest BCUT2D eigenvalue weighted by Gasteiger charge is -2.25. The van der Waals surface area contributed by atoms with Crippen molar-refractivity contribution >= 4 is 21.5 Å². The number of sulfonamides is 1. The lowest BCUT2D eigenvalue weighted by atomic mass is 10.1. The number of Topliss-reactive ketones (excluding diaryl/α,β-unsaturated/α-hetero) is 1. The summed E-state index contributed by atoms with van der Waals surface area (Å²) in [6.45, 7) is 2.20. The fraction of sp³-hybridized carbons (Fsp3) is 0.350. The van der Waals surface area contributed by atoms with Gasteiger partial charge < -0.3 is 9.47 Å². The molecule has 0 bridgehead atoms. The molecule has 1 fully saturated rings. The van der Waals surface area contributed by atoms with E-state index >= 15 is 0 Å². The highest BCUT2D eigenvalue weighted by Gasteiger charge is 2.29. The maximum atomic E-state index is 12.8. The standard InChI is InChI=1S/C20H22N2O7S/c1-14(23)15-6-8-19(20(12-15)28-2)29-18-9-7-16(13-17(18)22(24)25)30(26,27)21-10-4-3-5-11-21/h6-9,12-13H,3-5,10-11H2,1-2H3. The Morgan fingerprint density at radius 3 is 2.30 bits per heavy atom. The van der Waals surface area contributed by atoms with Crippen LogP contribution in [0, 0.1) is 10.1 Å². The van der Waals surface area contributed by atoms with Crippen LogP contribution in [-0.4, -0.2) is 43.6 Å². The zero-order valence-corrected chi connectivity index (χ0v) is 17.5. The van der Waals surface area contributed by atoms with E-state index in [1.807, 2.05) is 0 Å². The quantitative estimate of drug-likeness (QED) is 0.370. The van der Waals surface area contributed by atoms with Crippen LogP contribution < -0.4 is 9.47 Å². The normalized spacial score (nSPS) is 14.9. The number of nitro groups is 1. The van der Waals surface area contributed by atoms with Gasteiger partial charge in [0.15, 0.2) is 17.3 Å². The minimum absolute atomic E-state index is 0.133. The molecular weight excluding hydrogens is 412 g/mol. The van der Waals surface area contributed by atoms with Crippen LogP contribution >= 0.6 is 0 Å². The summed E-state index contributed by atoms with van der Waals surface area (Å²) in [7, 11) is -2.44. The summed E-state index contributed by atoms with van der Waals surface area (Å²) < 4.78 is 37.9. The van der Waals surface area contributed by atoms with E-state index in [2.05, 4.69) is 0 Å². The molecule has 2 aromatic carbocycles. The number of nitrogens with zero attached hydrogens (tertiary/aromatic N) is 2. The van der Waals surface area contributed by atoms with Gasteiger partial charge >= 0.3 is 5.69 Å². The topological polar surface area (TPSA) is 116 Å². The van der Waals surface area contributed by atoms with Crippen LogP contribution in [0.3, 0.4) is 0 Å². The van der Waals surface area contributed by atoms with Gasteiger partial charge in [0.2, 0.25) is 15.8 Å². The van der Waals surface area contributed by atoms with Crippen molar-refractivity contribution in [2.24, 2.45) is 0 Å². The molecule has 0 N–H and O–H groups in total. The molecule has 10 heteroatoms. The lowest BCUT2D eigenvalue weighted by molar-refractivity contribution is -0.385. The number of methoxy groups -OCH3 is 1. The van der Waals surface area contributed by atoms with Crippen LogP contribution in [0.4, 0.5) is 5.69 Å². The third-order valence-corrected chi connectivity index (χ3v) is 6.76. The van der Waals surface area contributed by atoms with Gasteiger partial charge in [0.05, 0.1) is 16.9 Å². The predicted octanol–water partition coefficient (Wildman–Crippen LogP) is 3.77. The monoisotopic (exact) mass is 434 g/mol. The number of nitro benzene ring substituents is 1. The SMILES string of the molecule is COc1cc(C(C)=O)ccc1Oc1ccc(S(=O)(=O)N2CCCCC2)cc1[N+](=O)[O-]. The smallest absolute Gasteiger partial charge is 0.312 e. The molecule has 0 saturated carbocycles. The molecule has 1 aliphatic heterocycles. The minimum atomic E-state index is -3.82. The highest BCUT2D eigenvalue weighted by Crippen LogP contribution is 2.38. The maximum Gasteiger partial charge on any atom is 0.312 e. The van der Waals surface area contributed by atoms with Crippen LogP contribution in [0.2, 0.25) is 0 Å². The number of hydrogen-bond acceptors (Lipinski definition) is 7. The first-order valence-corrected chi connectivity index (χ1v) is 10.8. The molecule has 0 aromatic heterocycles. The zero-order valence-electron chi connectivity index (χ0n) is 16.7. The zero-order chi connectivity index (χ0) is 21.9. The summed E-state index contributed by atoms with van der Waals surface area (Å²) in [5, 5.41) is 11.6. The number of ketones is 1. The number of carbonyl (C=O) groups excluding carboxylic acids is 1. The molecule has 30 heavy (non-hydrogen) atoms. The van der Waals surface area contributed by atoms with Crippen molar-refractivity contribution in [3.63, 3.8) is 0 Å². The number of benzene rings is 2. The Morgan fingerprint density at radius 1 is 1.03 bits per heavy atom. The Bertz CT molecular complexity index is 1080. The van der Waals surface area contributed by atoms with Gasteiger partial charge in [-0.2, -0.15) is 4.31 Å². The van der Waals surface area contributed by atoms with Crippen molar-refractivity contribution in [2.45, 2.75) is 31.1 Å². The van der Waals surface area contributed by atoms with E-state index in [0.29, 0.717) is 18.7 Å². The van der Waals surface area contributed by atoms with Crippen LogP contribution in [0.15, 0.2) is 41.3 Å². The molecule has 0 unspecified atom stereocenters. The molecule has 1 aliphatic rings. The van der Waals surface area contributed by atoms with Gasteiger partial charge in [0, 0.05) is 24.7 Å². The second-order valence-electron chi connectivity index (χ2n) is 6.88. The average Bonchev–Trinajstić information content (AvgIpc) is 2.74. The third kappa shape index (κ3) is 4.44. The van der Waals surface area contributed by atoms with Crippen LogP contribution in [0.25, 0.3) is 0 Å². The van der Waals surface area contributed by atoms with Crippen LogP contribution in [0.5, 0.6) is 17.2 Å². The van der Waals surface area contributed by atoms with E-state index in [9.17, 15) is 23.3 Å². The first-order valence-electron chi connectivity index (χ1n) is 9.39. The highest BCUT2D eigenvalue weighted by atomic mass is 32.2. The Balaban J connectivity index is 1.97. The van der Waals surface area contributed by atoms with Gasteiger partial charge in [0.25, 0.3) is 0 Å². The number of ether oxygens (including phenoxy) is 2. The fourth-order valence-electron chi connectivity index (χ4n) is 3.23. The van der Waals surface area contributed by atoms with E-state index in [0.717, 1.165) is 25.3 Å². The number of rotatable bonds is 7. The molecular formula is C20H22N2O7S. The second kappa shape index (κ2) is 8.80. The first kappa shape index (κ1) is 21.7. The Kier molecular flexibility index (Phi) is 6.37. The second-order valence-corrected chi connectivity index (χ2v) is 8.81. The molecule has 160 valence electrons. The fourth-order valence-corrected chi connectivity index (χ4v) is 4.77. The Hall–Kier alpha value is -2.98. The van der Waals surface area contributed by atoms with Crippen molar-refractivity contribution < 1.29 is 27.6 Å². The molecule has 0 aliphatic carbocycles. The van der Waals surface area contributed by atoms with Gasteiger partial charge in [-0.15, -0.1) is 0 Å². The number of carbonyl (C=O) groups is 1. The van der Waals surface area contributed by atoms with E-state index < -0.39 is 20.6 Å². The summed E-state index contributed by atoms with van der Waals surface area (Å²) >= 11 is 0. The van der Waals surface area contributed by atoms with Crippen molar-refractivity contribution in [1.29, 1.82) is 0 Å². The van der Waals surface area contributed by atoms with Crippen LogP contribution in [0.1, 0.15) is 36.5 Å². The third-order valence-electron chi connectivity index (χ3n) is 4.87. The summed E-state index contributed by atoms with van der Waals surface area (Å²) in [6.07, 6.45) is 2.49.